The molecule has 0 aliphatic carbocycles. The minimum absolute atomic E-state index is 0.784. The summed E-state index contributed by atoms with van der Waals surface area (Å²) in [4.78, 5) is 3.90. The van der Waals surface area contributed by atoms with Crippen molar-refractivity contribution < 1.29 is 4.42 Å². The van der Waals surface area contributed by atoms with Gasteiger partial charge in [0.2, 0.25) is 0 Å². The predicted octanol–water partition coefficient (Wildman–Crippen LogP) is 7.92. The van der Waals surface area contributed by atoms with Crippen LogP contribution in [0.4, 0.5) is 5.69 Å². The number of benzene rings is 4. The summed E-state index contributed by atoms with van der Waals surface area (Å²) in [5.74, 6) is 0.826. The normalized spacial score (nSPS) is 14.8. The van der Waals surface area contributed by atoms with Gasteiger partial charge in [-0.2, -0.15) is 0 Å². The van der Waals surface area contributed by atoms with E-state index in [0.717, 1.165) is 49.9 Å². The van der Waals surface area contributed by atoms with Gasteiger partial charge < -0.3 is 9.73 Å². The van der Waals surface area contributed by atoms with Gasteiger partial charge in [-0.1, -0.05) is 91.0 Å². The average molecular weight is 505 g/mol. The molecule has 4 aromatic carbocycles. The topological polar surface area (TPSA) is 37.5 Å². The van der Waals surface area contributed by atoms with Crippen LogP contribution in [0.1, 0.15) is 16.9 Å². The van der Waals surface area contributed by atoms with E-state index in [0.29, 0.717) is 0 Å². The first-order valence-electron chi connectivity index (χ1n) is 13.0. The van der Waals surface area contributed by atoms with Gasteiger partial charge in [-0.05, 0) is 77.4 Å². The van der Waals surface area contributed by atoms with E-state index in [9.17, 15) is 0 Å². The van der Waals surface area contributed by atoms with E-state index >= 15 is 0 Å². The molecule has 1 N–H and O–H groups in total. The van der Waals surface area contributed by atoms with Crippen molar-refractivity contribution >= 4 is 36.8 Å². The predicted molar refractivity (Wildman–Crippen MR) is 166 cm³/mol. The van der Waals surface area contributed by atoms with E-state index in [-0.39, 0.29) is 0 Å². The van der Waals surface area contributed by atoms with Crippen LogP contribution in [0.15, 0.2) is 119 Å². The molecular formula is C36H28N2O. The van der Waals surface area contributed by atoms with E-state index in [2.05, 4.69) is 114 Å². The lowest BCUT2D eigenvalue weighted by Gasteiger charge is -2.16. The molecule has 2 heterocycles. The van der Waals surface area contributed by atoms with Crippen molar-refractivity contribution in [1.29, 1.82) is 0 Å². The number of nitrogens with one attached hydrogen (secondary N) is 1. The maximum Gasteiger partial charge on any atom is 0.136 e. The quantitative estimate of drug-likeness (QED) is 0.253. The molecule has 0 fully saturated rings. The number of rotatable bonds is 4. The maximum atomic E-state index is 6.15. The molecule has 3 nitrogen and oxygen atoms in total. The van der Waals surface area contributed by atoms with Gasteiger partial charge in [0, 0.05) is 34.4 Å². The Morgan fingerprint density at radius 1 is 0.769 bits per heavy atom. The fraction of sp³-hybridized carbons (Fsp3) is 0.0278. The van der Waals surface area contributed by atoms with Gasteiger partial charge in [-0.25, -0.2) is 0 Å². The third-order valence-corrected chi connectivity index (χ3v) is 7.02. The monoisotopic (exact) mass is 504 g/mol. The van der Waals surface area contributed by atoms with Crippen molar-refractivity contribution in [3.8, 4) is 33.4 Å². The highest BCUT2D eigenvalue weighted by Crippen LogP contribution is 2.38. The van der Waals surface area contributed by atoms with Crippen molar-refractivity contribution in [3.05, 3.63) is 137 Å². The van der Waals surface area contributed by atoms with Gasteiger partial charge in [0.15, 0.2) is 0 Å². The summed E-state index contributed by atoms with van der Waals surface area (Å²) >= 11 is 0. The van der Waals surface area contributed by atoms with Crippen LogP contribution < -0.4 is 16.0 Å². The zero-order chi connectivity index (χ0) is 26.6. The molecule has 39 heavy (non-hydrogen) atoms. The van der Waals surface area contributed by atoms with E-state index in [4.69, 9.17) is 4.42 Å². The summed E-state index contributed by atoms with van der Waals surface area (Å²) in [6.45, 7) is 5.54. The molecule has 0 spiro atoms. The molecule has 0 bridgehead atoms. The fourth-order valence-corrected chi connectivity index (χ4v) is 5.04. The van der Waals surface area contributed by atoms with Crippen LogP contribution in [-0.2, 0) is 0 Å². The van der Waals surface area contributed by atoms with Crippen LogP contribution >= 0.6 is 0 Å². The molecule has 0 unspecified atom stereocenters. The van der Waals surface area contributed by atoms with Crippen LogP contribution in [0.5, 0.6) is 0 Å². The molecule has 0 saturated carbocycles. The van der Waals surface area contributed by atoms with Gasteiger partial charge in [-0.15, -0.1) is 0 Å². The standard InChI is InChI=1S/C36H28N2O/c1-25-31(20-21-37-2)34-24-38-35-19-18-30(27-12-7-4-8-13-27)23-33(35)32-22-29(26-10-5-3-6-11-26)17-16-28(32)14-9-15-36(34)39-25/h3-24,38H,2H2,1H3/b14-9+,21-20-,34-24+,36-15+. The Kier molecular flexibility index (Phi) is 6.63. The lowest BCUT2D eigenvalue weighted by molar-refractivity contribution is 0.501. The minimum Gasteiger partial charge on any atom is -0.461 e. The molecular weight excluding hydrogens is 476 g/mol. The minimum atomic E-state index is 0.784. The second-order valence-corrected chi connectivity index (χ2v) is 9.46. The molecule has 0 amide bonds. The Balaban J connectivity index is 1.61. The van der Waals surface area contributed by atoms with E-state index < -0.39 is 0 Å². The summed E-state index contributed by atoms with van der Waals surface area (Å²) in [5, 5.41) is 4.58. The maximum absolute atomic E-state index is 6.15. The highest BCUT2D eigenvalue weighted by Gasteiger charge is 2.14. The smallest absolute Gasteiger partial charge is 0.136 e. The third-order valence-electron chi connectivity index (χ3n) is 7.02. The highest BCUT2D eigenvalue weighted by atomic mass is 16.3. The number of anilines is 1. The first-order valence-corrected chi connectivity index (χ1v) is 13.0. The molecule has 1 aliphatic heterocycles. The van der Waals surface area contributed by atoms with E-state index in [1.54, 1.807) is 6.20 Å². The van der Waals surface area contributed by atoms with Crippen LogP contribution in [0.2, 0.25) is 0 Å². The van der Waals surface area contributed by atoms with E-state index in [1.807, 2.05) is 37.4 Å². The van der Waals surface area contributed by atoms with Gasteiger partial charge >= 0.3 is 0 Å². The second-order valence-electron chi connectivity index (χ2n) is 9.46. The van der Waals surface area contributed by atoms with Gasteiger partial charge in [0.1, 0.15) is 11.2 Å². The summed E-state index contributed by atoms with van der Waals surface area (Å²) in [5.41, 5.74) is 10.9. The first-order chi connectivity index (χ1) is 19.2. The molecule has 188 valence electrons. The molecule has 6 rings (SSSR count). The number of hydrogen-bond donors (Lipinski definition) is 1. The van der Waals surface area contributed by atoms with Crippen molar-refractivity contribution in [2.75, 3.05) is 5.32 Å². The van der Waals surface area contributed by atoms with E-state index in [1.165, 1.54) is 16.7 Å². The van der Waals surface area contributed by atoms with Crippen LogP contribution in [0.3, 0.4) is 0 Å². The first kappa shape index (κ1) is 24.2. The number of allylic oxidation sites excluding steroid dienone is 1. The SMILES string of the molecule is C=N/C=C\c1c(C)oc2/c1=C/Nc1ccc(-c3ccccc3)cc1-c1cc(-c3ccccc3)ccc1\C=C\C=2. The van der Waals surface area contributed by atoms with Crippen molar-refractivity contribution in [1.82, 2.24) is 0 Å². The van der Waals surface area contributed by atoms with Crippen LogP contribution in [-0.4, -0.2) is 6.72 Å². The summed E-state index contributed by atoms with van der Waals surface area (Å²) in [6.07, 6.45) is 11.9. The number of fused-ring (bicyclic) bond motifs is 4. The number of hydrogen-bond acceptors (Lipinski definition) is 3. The molecule has 0 atom stereocenters. The Morgan fingerprint density at radius 3 is 2.13 bits per heavy atom. The van der Waals surface area contributed by atoms with Crippen molar-refractivity contribution in [2.24, 2.45) is 4.99 Å². The molecule has 5 aromatic rings. The number of furan rings is 1. The van der Waals surface area contributed by atoms with Gasteiger partial charge in [0.25, 0.3) is 0 Å². The summed E-state index contributed by atoms with van der Waals surface area (Å²) in [7, 11) is 0. The highest BCUT2D eigenvalue weighted by molar-refractivity contribution is 5.91. The third kappa shape index (κ3) is 4.90. The molecule has 1 aromatic heterocycles. The zero-order valence-electron chi connectivity index (χ0n) is 21.8. The summed E-state index contributed by atoms with van der Waals surface area (Å²) < 4.78 is 6.15. The Bertz CT molecular complexity index is 1840. The molecule has 0 saturated heterocycles. The number of nitrogens with zero attached hydrogens (tertiary/aromatic N) is 1. The van der Waals surface area contributed by atoms with Crippen LogP contribution in [0, 0.1) is 6.92 Å². The molecule has 1 aliphatic rings. The molecule has 3 heteroatoms. The Labute approximate surface area is 228 Å². The lowest BCUT2D eigenvalue weighted by Crippen LogP contribution is -2.23. The average Bonchev–Trinajstić information content (AvgIpc) is 3.27. The Hall–Kier alpha value is -5.15. The second kappa shape index (κ2) is 10.7. The fourth-order valence-electron chi connectivity index (χ4n) is 5.04. The van der Waals surface area contributed by atoms with Gasteiger partial charge in [-0.3, -0.25) is 4.99 Å². The van der Waals surface area contributed by atoms with Crippen molar-refractivity contribution in [3.63, 3.8) is 0 Å². The van der Waals surface area contributed by atoms with Crippen LogP contribution in [0.25, 0.3) is 57.8 Å². The summed E-state index contributed by atoms with van der Waals surface area (Å²) in [6, 6.07) is 34.3. The molecule has 0 radical (unpaired) electrons. The van der Waals surface area contributed by atoms with Crippen molar-refractivity contribution in [2.45, 2.75) is 6.92 Å². The lowest BCUT2D eigenvalue weighted by atomic mass is 9.91. The number of aryl methyl sites for hydroxylation is 1. The zero-order valence-corrected chi connectivity index (χ0v) is 21.8. The van der Waals surface area contributed by atoms with Gasteiger partial charge in [0.05, 0.1) is 0 Å². The Morgan fingerprint density at radius 2 is 1.44 bits per heavy atom. The largest absolute Gasteiger partial charge is 0.461 e. The number of aliphatic imine (C=N–C) groups is 1.